The largest absolute Gasteiger partial charge is 0.388 e. The molecule has 1 saturated heterocycles. The smallest absolute Gasteiger partial charge is 0.0992 e. The molecule has 0 aliphatic carbocycles. The van der Waals surface area contributed by atoms with Crippen molar-refractivity contribution in [2.75, 3.05) is 18.0 Å². The summed E-state index contributed by atoms with van der Waals surface area (Å²) >= 11 is 6.11. The highest BCUT2D eigenvalue weighted by atomic mass is 35.5. The number of hydrogen-bond donors (Lipinski definition) is 1. The van der Waals surface area contributed by atoms with Gasteiger partial charge in [-0.25, -0.2) is 0 Å². The van der Waals surface area contributed by atoms with Gasteiger partial charge in [-0.15, -0.1) is 0 Å². The van der Waals surface area contributed by atoms with E-state index >= 15 is 0 Å². The number of hydrogen-bond acceptors (Lipinski definition) is 3. The van der Waals surface area contributed by atoms with E-state index in [1.807, 2.05) is 24.0 Å². The molecule has 0 spiro atoms. The summed E-state index contributed by atoms with van der Waals surface area (Å²) in [5, 5.41) is 19.2. The number of nitrogens with zero attached hydrogens (tertiary/aromatic N) is 2. The van der Waals surface area contributed by atoms with Crippen molar-refractivity contribution in [2.45, 2.75) is 18.9 Å². The Bertz CT molecular complexity index is 451. The van der Waals surface area contributed by atoms with E-state index in [-0.39, 0.29) is 0 Å². The predicted molar refractivity (Wildman–Crippen MR) is 63.6 cm³/mol. The van der Waals surface area contributed by atoms with Crippen molar-refractivity contribution in [3.05, 3.63) is 28.8 Å². The summed E-state index contributed by atoms with van der Waals surface area (Å²) in [7, 11) is 0. The fourth-order valence-electron chi connectivity index (χ4n) is 1.98. The summed E-state index contributed by atoms with van der Waals surface area (Å²) in [5.74, 6) is 0. The number of nitriles is 1. The molecule has 4 heteroatoms. The van der Waals surface area contributed by atoms with Crippen LogP contribution in [0.3, 0.4) is 0 Å². The minimum absolute atomic E-state index is 0.555. The number of rotatable bonds is 1. The van der Waals surface area contributed by atoms with Crippen LogP contribution in [0.1, 0.15) is 18.9 Å². The third-order valence-corrected chi connectivity index (χ3v) is 3.17. The molecule has 0 saturated carbocycles. The molecule has 1 fully saturated rings. The maximum absolute atomic E-state index is 9.88. The standard InChI is InChI=1S/C12H13ClN2O/c1-12(16)4-5-15(8-12)11-3-2-9(7-14)6-10(11)13/h2-3,6,16H,4-5,8H2,1H3. The lowest BCUT2D eigenvalue weighted by atomic mass is 10.1. The van der Waals surface area contributed by atoms with Crippen LogP contribution in [0.15, 0.2) is 18.2 Å². The second-order valence-electron chi connectivity index (χ2n) is 4.45. The lowest BCUT2D eigenvalue weighted by Crippen LogP contribution is -2.29. The van der Waals surface area contributed by atoms with Crippen molar-refractivity contribution in [1.29, 1.82) is 5.26 Å². The Labute approximate surface area is 99.9 Å². The van der Waals surface area contributed by atoms with E-state index in [1.165, 1.54) is 0 Å². The Morgan fingerprint density at radius 2 is 2.31 bits per heavy atom. The van der Waals surface area contributed by atoms with Gasteiger partial charge in [0.05, 0.1) is 27.9 Å². The van der Waals surface area contributed by atoms with Gasteiger partial charge in [0.25, 0.3) is 0 Å². The lowest BCUT2D eigenvalue weighted by Gasteiger charge is -2.21. The highest BCUT2D eigenvalue weighted by molar-refractivity contribution is 6.33. The first kappa shape index (κ1) is 11.3. The normalized spacial score (nSPS) is 24.5. The highest BCUT2D eigenvalue weighted by Crippen LogP contribution is 2.32. The van der Waals surface area contributed by atoms with Gasteiger partial charge in [-0.1, -0.05) is 11.6 Å². The van der Waals surface area contributed by atoms with Gasteiger partial charge < -0.3 is 10.0 Å². The van der Waals surface area contributed by atoms with Gasteiger partial charge in [-0.2, -0.15) is 5.26 Å². The molecule has 1 aliphatic rings. The Morgan fingerprint density at radius 3 is 2.81 bits per heavy atom. The van der Waals surface area contributed by atoms with Crippen molar-refractivity contribution in [1.82, 2.24) is 0 Å². The van der Waals surface area contributed by atoms with Crippen molar-refractivity contribution in [3.63, 3.8) is 0 Å². The van der Waals surface area contributed by atoms with Gasteiger partial charge >= 0.3 is 0 Å². The van der Waals surface area contributed by atoms with Gasteiger partial charge in [0.15, 0.2) is 0 Å². The van der Waals surface area contributed by atoms with Crippen LogP contribution in [-0.2, 0) is 0 Å². The number of halogens is 1. The Kier molecular flexibility index (Phi) is 2.79. The van der Waals surface area contributed by atoms with Crippen LogP contribution >= 0.6 is 11.6 Å². The van der Waals surface area contributed by atoms with Gasteiger partial charge in [-0.3, -0.25) is 0 Å². The molecule has 1 N–H and O–H groups in total. The molecule has 16 heavy (non-hydrogen) atoms. The molecule has 84 valence electrons. The van der Waals surface area contributed by atoms with Crippen LogP contribution in [0.5, 0.6) is 0 Å². The summed E-state index contributed by atoms with van der Waals surface area (Å²) < 4.78 is 0. The van der Waals surface area contributed by atoms with E-state index in [2.05, 4.69) is 0 Å². The number of β-amino-alcohol motifs (C(OH)–C–C–N with tert-alkyl or cyclic N) is 1. The Morgan fingerprint density at radius 1 is 1.56 bits per heavy atom. The summed E-state index contributed by atoms with van der Waals surface area (Å²) in [5.41, 5.74) is 0.801. The summed E-state index contributed by atoms with van der Waals surface area (Å²) in [6.07, 6.45) is 0.739. The van der Waals surface area contributed by atoms with Crippen LogP contribution in [0, 0.1) is 11.3 Å². The second-order valence-corrected chi connectivity index (χ2v) is 4.85. The van der Waals surface area contributed by atoms with E-state index in [1.54, 1.807) is 12.1 Å². The third kappa shape index (κ3) is 2.13. The van der Waals surface area contributed by atoms with Crippen LogP contribution in [0.4, 0.5) is 5.69 Å². The molecule has 3 nitrogen and oxygen atoms in total. The molecule has 0 radical (unpaired) electrons. The summed E-state index contributed by atoms with van der Waals surface area (Å²) in [6, 6.07) is 7.29. The van der Waals surface area contributed by atoms with E-state index in [0.717, 1.165) is 18.7 Å². The first-order valence-electron chi connectivity index (χ1n) is 5.19. The average molecular weight is 237 g/mol. The number of aliphatic hydroxyl groups is 1. The van der Waals surface area contributed by atoms with Gasteiger partial charge in [0.2, 0.25) is 0 Å². The maximum Gasteiger partial charge on any atom is 0.0992 e. The maximum atomic E-state index is 9.88. The molecule has 1 atom stereocenters. The quantitative estimate of drug-likeness (QED) is 0.813. The van der Waals surface area contributed by atoms with Gasteiger partial charge in [-0.05, 0) is 31.5 Å². The minimum atomic E-state index is -0.642. The lowest BCUT2D eigenvalue weighted by molar-refractivity contribution is 0.0839. The monoisotopic (exact) mass is 236 g/mol. The van der Waals surface area contributed by atoms with Gasteiger partial charge in [0.1, 0.15) is 0 Å². The molecule has 0 aromatic heterocycles. The second kappa shape index (κ2) is 3.97. The van der Waals surface area contributed by atoms with E-state index in [9.17, 15) is 5.11 Å². The average Bonchev–Trinajstić information content (AvgIpc) is 2.58. The van der Waals surface area contributed by atoms with Crippen molar-refractivity contribution >= 4 is 17.3 Å². The molecule has 2 rings (SSSR count). The minimum Gasteiger partial charge on any atom is -0.388 e. The zero-order chi connectivity index (χ0) is 11.8. The zero-order valence-corrected chi connectivity index (χ0v) is 9.83. The molecule has 1 aromatic carbocycles. The Balaban J connectivity index is 2.26. The molecular weight excluding hydrogens is 224 g/mol. The fourth-order valence-corrected chi connectivity index (χ4v) is 2.28. The SMILES string of the molecule is CC1(O)CCN(c2ccc(C#N)cc2Cl)C1. The topological polar surface area (TPSA) is 47.3 Å². The molecular formula is C12H13ClN2O. The first-order chi connectivity index (χ1) is 7.52. The first-order valence-corrected chi connectivity index (χ1v) is 5.57. The molecule has 1 heterocycles. The molecule has 0 amide bonds. The van der Waals surface area contributed by atoms with Crippen molar-refractivity contribution in [3.8, 4) is 6.07 Å². The number of anilines is 1. The van der Waals surface area contributed by atoms with Crippen LogP contribution in [0.25, 0.3) is 0 Å². The molecule has 0 bridgehead atoms. The van der Waals surface area contributed by atoms with Crippen LogP contribution in [0.2, 0.25) is 5.02 Å². The predicted octanol–water partition coefficient (Wildman–Crippen LogP) is 2.17. The third-order valence-electron chi connectivity index (χ3n) is 2.87. The molecule has 1 unspecified atom stereocenters. The van der Waals surface area contributed by atoms with Gasteiger partial charge in [0, 0.05) is 13.1 Å². The van der Waals surface area contributed by atoms with E-state index in [4.69, 9.17) is 16.9 Å². The molecule has 1 aromatic rings. The summed E-state index contributed by atoms with van der Waals surface area (Å²) in [6.45, 7) is 3.20. The van der Waals surface area contributed by atoms with E-state index in [0.29, 0.717) is 17.1 Å². The molecule has 1 aliphatic heterocycles. The number of benzene rings is 1. The Hall–Kier alpha value is -1.24. The van der Waals surface area contributed by atoms with Crippen LogP contribution in [-0.4, -0.2) is 23.8 Å². The summed E-state index contributed by atoms with van der Waals surface area (Å²) in [4.78, 5) is 2.05. The fraction of sp³-hybridized carbons (Fsp3) is 0.417. The zero-order valence-electron chi connectivity index (χ0n) is 9.07. The van der Waals surface area contributed by atoms with E-state index < -0.39 is 5.60 Å². The van der Waals surface area contributed by atoms with Crippen molar-refractivity contribution in [2.24, 2.45) is 0 Å². The van der Waals surface area contributed by atoms with Crippen LogP contribution < -0.4 is 4.90 Å². The highest BCUT2D eigenvalue weighted by Gasteiger charge is 2.32. The van der Waals surface area contributed by atoms with Crippen molar-refractivity contribution < 1.29 is 5.11 Å².